The molecular weight excluding hydrogens is 380 g/mol. The molecule has 0 atom stereocenters. The molecule has 0 saturated carbocycles. The van der Waals surface area contributed by atoms with Gasteiger partial charge in [0, 0.05) is 5.56 Å². The van der Waals surface area contributed by atoms with Crippen LogP contribution in [0.25, 0.3) is 0 Å². The average Bonchev–Trinajstić information content (AvgIpc) is 2.71. The average molecular weight is 429 g/mol. The molecule has 0 heterocycles. The monoisotopic (exact) mass is 428 g/mol. The van der Waals surface area contributed by atoms with Crippen LogP contribution in [0.2, 0.25) is 0 Å². The first-order valence-electron chi connectivity index (χ1n) is 12.8. The predicted molar refractivity (Wildman–Crippen MR) is 136 cm³/mol. The summed E-state index contributed by atoms with van der Waals surface area (Å²) in [5, 5.41) is 20.8. The summed E-state index contributed by atoms with van der Waals surface area (Å²) >= 11 is 0. The van der Waals surface area contributed by atoms with Crippen LogP contribution >= 0.6 is 0 Å². The van der Waals surface area contributed by atoms with Crippen molar-refractivity contribution in [3.05, 3.63) is 46.6 Å². The zero-order valence-corrected chi connectivity index (χ0v) is 20.8. The third-order valence-corrected chi connectivity index (χ3v) is 6.08. The fourth-order valence-electron chi connectivity index (χ4n) is 4.01. The van der Waals surface area contributed by atoms with Crippen molar-refractivity contribution in [1.29, 1.82) is 0 Å². The van der Waals surface area contributed by atoms with Crippen molar-refractivity contribution < 1.29 is 10.2 Å². The number of phenols is 2. The predicted octanol–water partition coefficient (Wildman–Crippen LogP) is 9.19. The van der Waals surface area contributed by atoms with Gasteiger partial charge in [-0.2, -0.15) is 0 Å². The summed E-state index contributed by atoms with van der Waals surface area (Å²) in [6, 6.07) is 3.69. The number of unbranched alkanes of at least 4 members (excludes halogenated alkanes) is 10. The Hall–Kier alpha value is -1.70. The van der Waals surface area contributed by atoms with Crippen LogP contribution in [-0.2, 0) is 12.8 Å². The van der Waals surface area contributed by atoms with E-state index in [1.165, 1.54) is 75.4 Å². The quantitative estimate of drug-likeness (QED) is 0.192. The summed E-state index contributed by atoms with van der Waals surface area (Å²) in [5.74, 6) is 0.456. The molecule has 0 spiro atoms. The molecule has 0 radical (unpaired) electrons. The van der Waals surface area contributed by atoms with Gasteiger partial charge in [0.1, 0.15) is 11.5 Å². The molecule has 1 rings (SSSR count). The maximum absolute atomic E-state index is 10.4. The van der Waals surface area contributed by atoms with E-state index in [9.17, 15) is 10.2 Å². The van der Waals surface area contributed by atoms with Gasteiger partial charge in [-0.15, -0.1) is 0 Å². The molecule has 2 heteroatoms. The van der Waals surface area contributed by atoms with Crippen LogP contribution in [0.3, 0.4) is 0 Å². The molecule has 0 amide bonds. The Morgan fingerprint density at radius 3 is 1.77 bits per heavy atom. The van der Waals surface area contributed by atoms with Gasteiger partial charge in [0.15, 0.2) is 0 Å². The number of phenolic OH excluding ortho intramolecular Hbond substituents is 2. The number of benzene rings is 1. The van der Waals surface area contributed by atoms with E-state index in [1.54, 1.807) is 0 Å². The molecule has 1 aromatic rings. The van der Waals surface area contributed by atoms with Gasteiger partial charge in [0.05, 0.1) is 0 Å². The summed E-state index contributed by atoms with van der Waals surface area (Å²) < 4.78 is 0. The molecule has 176 valence electrons. The molecule has 0 saturated heterocycles. The second-order valence-corrected chi connectivity index (χ2v) is 9.47. The SMILES string of the molecule is CCCCCCCCCCCCCc1cc(O)c(C/C=C(\C)CCC=C(C)C)c(O)c1. The van der Waals surface area contributed by atoms with E-state index in [2.05, 4.69) is 39.8 Å². The van der Waals surface area contributed by atoms with Crippen molar-refractivity contribution >= 4 is 0 Å². The third-order valence-electron chi connectivity index (χ3n) is 6.08. The lowest BCUT2D eigenvalue weighted by molar-refractivity contribution is 0.439. The van der Waals surface area contributed by atoms with Crippen molar-refractivity contribution in [1.82, 2.24) is 0 Å². The molecule has 0 aromatic heterocycles. The molecule has 0 aliphatic rings. The Bertz CT molecular complexity index is 642. The maximum atomic E-state index is 10.4. The lowest BCUT2D eigenvalue weighted by Gasteiger charge is -2.10. The van der Waals surface area contributed by atoms with Gasteiger partial charge in [0.2, 0.25) is 0 Å². The largest absolute Gasteiger partial charge is 0.508 e. The minimum atomic E-state index is 0.228. The van der Waals surface area contributed by atoms with Gasteiger partial charge in [-0.05, 0) is 70.6 Å². The van der Waals surface area contributed by atoms with Crippen LogP contribution in [0.5, 0.6) is 11.5 Å². The second kappa shape index (κ2) is 16.9. The number of aromatic hydroxyl groups is 2. The topological polar surface area (TPSA) is 40.5 Å². The number of allylic oxidation sites excluding steroid dienone is 4. The van der Waals surface area contributed by atoms with Crippen LogP contribution in [0, 0.1) is 0 Å². The fraction of sp³-hybridized carbons (Fsp3) is 0.655. The van der Waals surface area contributed by atoms with Gasteiger partial charge in [0.25, 0.3) is 0 Å². The van der Waals surface area contributed by atoms with Crippen LogP contribution in [0.15, 0.2) is 35.4 Å². The fourth-order valence-corrected chi connectivity index (χ4v) is 4.01. The first kappa shape index (κ1) is 27.3. The standard InChI is InChI=1S/C29H48O2/c1-5-6-7-8-9-10-11-12-13-14-15-19-26-22-28(30)27(29(31)23-26)21-20-25(4)18-16-17-24(2)3/h17,20,22-23,30-31H,5-16,18-19,21H2,1-4H3/b25-20+. The Kier molecular flexibility index (Phi) is 14.9. The summed E-state index contributed by atoms with van der Waals surface area (Å²) in [7, 11) is 0. The van der Waals surface area contributed by atoms with Crippen molar-refractivity contribution in [2.24, 2.45) is 0 Å². The molecule has 0 bridgehead atoms. The lowest BCUT2D eigenvalue weighted by atomic mass is 9.99. The minimum absolute atomic E-state index is 0.228. The molecule has 2 nitrogen and oxygen atoms in total. The minimum Gasteiger partial charge on any atom is -0.508 e. The first-order valence-corrected chi connectivity index (χ1v) is 12.8. The van der Waals surface area contributed by atoms with E-state index in [0.717, 1.165) is 31.2 Å². The zero-order valence-electron chi connectivity index (χ0n) is 20.8. The van der Waals surface area contributed by atoms with Crippen molar-refractivity contribution in [3.8, 4) is 11.5 Å². The van der Waals surface area contributed by atoms with Crippen LogP contribution in [0.4, 0.5) is 0 Å². The van der Waals surface area contributed by atoms with Crippen molar-refractivity contribution in [2.45, 2.75) is 124 Å². The molecule has 0 aliphatic heterocycles. The molecule has 31 heavy (non-hydrogen) atoms. The van der Waals surface area contributed by atoms with E-state index in [4.69, 9.17) is 0 Å². The van der Waals surface area contributed by atoms with Gasteiger partial charge < -0.3 is 10.2 Å². The van der Waals surface area contributed by atoms with Crippen molar-refractivity contribution in [2.75, 3.05) is 0 Å². The normalized spacial score (nSPS) is 11.7. The Morgan fingerprint density at radius 1 is 0.742 bits per heavy atom. The van der Waals surface area contributed by atoms with Crippen LogP contribution in [0.1, 0.15) is 122 Å². The molecule has 1 aromatic carbocycles. The van der Waals surface area contributed by atoms with E-state index >= 15 is 0 Å². The van der Waals surface area contributed by atoms with Gasteiger partial charge >= 0.3 is 0 Å². The van der Waals surface area contributed by atoms with Gasteiger partial charge in [-0.3, -0.25) is 0 Å². The highest BCUT2D eigenvalue weighted by molar-refractivity contribution is 5.47. The lowest BCUT2D eigenvalue weighted by Crippen LogP contribution is -1.91. The molecule has 2 N–H and O–H groups in total. The highest BCUT2D eigenvalue weighted by Gasteiger charge is 2.09. The summed E-state index contributed by atoms with van der Waals surface area (Å²) in [6.45, 7) is 8.62. The molecule has 0 unspecified atom stereocenters. The van der Waals surface area contributed by atoms with E-state index in [0.29, 0.717) is 12.0 Å². The first-order chi connectivity index (χ1) is 14.9. The van der Waals surface area contributed by atoms with Gasteiger partial charge in [-0.1, -0.05) is 94.4 Å². The van der Waals surface area contributed by atoms with Crippen molar-refractivity contribution in [3.63, 3.8) is 0 Å². The zero-order chi connectivity index (χ0) is 22.9. The summed E-state index contributed by atoms with van der Waals surface area (Å²) in [4.78, 5) is 0. The summed E-state index contributed by atoms with van der Waals surface area (Å²) in [5.41, 5.74) is 4.32. The Morgan fingerprint density at radius 2 is 1.26 bits per heavy atom. The number of hydrogen-bond acceptors (Lipinski definition) is 2. The van der Waals surface area contributed by atoms with E-state index < -0.39 is 0 Å². The van der Waals surface area contributed by atoms with E-state index in [1.807, 2.05) is 12.1 Å². The van der Waals surface area contributed by atoms with E-state index in [-0.39, 0.29) is 11.5 Å². The molecule has 0 fully saturated rings. The van der Waals surface area contributed by atoms with Crippen LogP contribution in [-0.4, -0.2) is 10.2 Å². The second-order valence-electron chi connectivity index (χ2n) is 9.47. The van der Waals surface area contributed by atoms with Crippen LogP contribution < -0.4 is 0 Å². The van der Waals surface area contributed by atoms with Gasteiger partial charge in [-0.25, -0.2) is 0 Å². The highest BCUT2D eigenvalue weighted by atomic mass is 16.3. The smallest absolute Gasteiger partial charge is 0.123 e. The molecular formula is C29H48O2. The Labute approximate surface area is 192 Å². The molecule has 0 aliphatic carbocycles. The number of aryl methyl sites for hydroxylation is 1. The summed E-state index contributed by atoms with van der Waals surface area (Å²) in [6.07, 6.45) is 22.6. The maximum Gasteiger partial charge on any atom is 0.123 e. The Balaban J connectivity index is 2.29. The third kappa shape index (κ3) is 13.3. The number of rotatable bonds is 17. The number of hydrogen-bond donors (Lipinski definition) is 2. The highest BCUT2D eigenvalue weighted by Crippen LogP contribution is 2.31.